The maximum Gasteiger partial charge on any atom is 0.471 e. The Morgan fingerprint density at radius 1 is 0.350 bits per heavy atom. The van der Waals surface area contributed by atoms with Crippen LogP contribution in [0.4, 0.5) is 37.1 Å². The molecule has 15 atom stereocenters. The second-order valence-electron chi connectivity index (χ2n) is 47.3. The van der Waals surface area contributed by atoms with Crippen LogP contribution in [0.15, 0.2) is 0 Å². The normalized spacial score (nSPS) is 31.1. The van der Waals surface area contributed by atoms with Crippen LogP contribution >= 0.6 is 11.6 Å². The molecule has 5 unspecified atom stereocenters. The maximum atomic E-state index is 12.6. The Labute approximate surface area is 834 Å². The first-order valence-electron chi connectivity index (χ1n) is 53.0. The summed E-state index contributed by atoms with van der Waals surface area (Å²) in [5.74, 6) is 6.40. The molecule has 10 aliphatic heterocycles. The summed E-state index contributed by atoms with van der Waals surface area (Å²) in [4.78, 5) is 164. The van der Waals surface area contributed by atoms with Crippen LogP contribution in [0.1, 0.15) is 210 Å². The van der Waals surface area contributed by atoms with Crippen LogP contribution in [-0.4, -0.2) is 387 Å². The molecule has 10 saturated heterocycles. The minimum atomic E-state index is -4.76. The Bertz CT molecular complexity index is 4290. The third-order valence-electron chi connectivity index (χ3n) is 33.8. The van der Waals surface area contributed by atoms with Crippen LogP contribution in [0.5, 0.6) is 0 Å². The number of halogens is 4. The number of carbonyl (C=O) groups excluding carboxylic acids is 12. The zero-order valence-electron chi connectivity index (χ0n) is 87.8. The molecule has 20 rings (SSSR count). The number of piperidine rings is 5. The lowest BCUT2D eigenvalue weighted by Crippen LogP contribution is -2.68. The van der Waals surface area contributed by atoms with Crippen LogP contribution in [0, 0.1) is 116 Å². The van der Waals surface area contributed by atoms with Crippen LogP contribution in [0.2, 0.25) is 0 Å². The Balaban J connectivity index is 0.000000141. The molecule has 10 heterocycles. The molecule has 140 heavy (non-hydrogen) atoms. The van der Waals surface area contributed by atoms with Crippen LogP contribution in [0.25, 0.3) is 0 Å². The highest BCUT2D eigenvalue weighted by Crippen LogP contribution is 2.63. The summed E-state index contributed by atoms with van der Waals surface area (Å²) in [5, 5.41) is 6.35. The van der Waals surface area contributed by atoms with Gasteiger partial charge in [-0.2, -0.15) is 13.2 Å². The van der Waals surface area contributed by atoms with E-state index >= 15 is 0 Å². The lowest BCUT2D eigenvalue weighted by Gasteiger charge is -2.60. The predicted molar refractivity (Wildman–Crippen MR) is 519 cm³/mol. The van der Waals surface area contributed by atoms with Gasteiger partial charge in [0.25, 0.3) is 0 Å². The first-order valence-corrected chi connectivity index (χ1v) is 53.4. The number of rotatable bonds is 21. The highest BCUT2D eigenvalue weighted by molar-refractivity contribution is 6.61. The molecule has 0 bridgehead atoms. The number of hydrogen-bond acceptors (Lipinski definition) is 25. The van der Waals surface area contributed by atoms with Crippen molar-refractivity contribution in [3.63, 3.8) is 0 Å². The summed E-state index contributed by atoms with van der Waals surface area (Å²) in [6, 6.07) is 2.37. The Hall–Kier alpha value is -7.12. The van der Waals surface area contributed by atoms with Gasteiger partial charge in [0.1, 0.15) is 22.6 Å². The van der Waals surface area contributed by atoms with Crippen molar-refractivity contribution in [3.8, 4) is 0 Å². The number of hydrogen-bond donors (Lipinski definition) is 2. The number of fused-ring (bicyclic) bond motifs is 5. The van der Waals surface area contributed by atoms with Gasteiger partial charge < -0.3 is 83.0 Å². The van der Waals surface area contributed by atoms with Crippen molar-refractivity contribution in [2.45, 2.75) is 257 Å². The Morgan fingerprint density at radius 3 is 0.807 bits per heavy atom. The molecule has 8 amide bonds. The second-order valence-corrected chi connectivity index (χ2v) is 47.6. The summed E-state index contributed by atoms with van der Waals surface area (Å²) >= 11 is 4.72. The predicted octanol–water partition coefficient (Wildman–Crippen LogP) is 11.4. The van der Waals surface area contributed by atoms with Crippen molar-refractivity contribution >= 4 is 82.8 Å². The molecule has 33 nitrogen and oxygen atoms in total. The number of nitrogens with one attached hydrogen (secondary N) is 2. The smallest absolute Gasteiger partial charge is 0.466 e. The first-order chi connectivity index (χ1) is 65.9. The molecule has 5 spiro atoms. The van der Waals surface area contributed by atoms with Crippen molar-refractivity contribution in [3.05, 3.63) is 0 Å². The van der Waals surface area contributed by atoms with Crippen molar-refractivity contribution in [2.75, 3.05) is 210 Å². The number of Topliss-reactive ketones (excluding diaryl/α,β-unsaturated/α-hetero) is 1. The van der Waals surface area contributed by atoms with Gasteiger partial charge in [-0.15, -0.1) is 0 Å². The average molecular weight is 2000 g/mol. The quantitative estimate of drug-likeness (QED) is 0.0612. The first kappa shape index (κ1) is 110. The maximum absolute atomic E-state index is 12.6. The summed E-state index contributed by atoms with van der Waals surface area (Å²) < 4.78 is 72.8. The van der Waals surface area contributed by atoms with E-state index in [1.807, 2.05) is 126 Å². The third-order valence-corrected chi connectivity index (χ3v) is 33.9. The standard InChI is InChI=1S/C21H35N3O3.C19H31N3O3.C19H30N2O4.C18H26F3N3O2.C11H17NO3.C8H13NO2.C4H11N.C3H5ClO2/c1-6-22(7-2)18(25)17-15-10-23(11-16(15)17)14-8-21(9-14)12-24(13-21)19(26)27-20(3,4)5;1-4-20(5-2)17(23)16-14-9-21(10-15(14)16)13-7-19(8-13)11-22(12-19)18(24)25-6-3;1-5-24-16(22)15-13-8-20(9-14(13)15)12-6-19(7-12)10-21(11-19)17(23)25-18(2,3)4;1-3-22(4-2)15(25)14-12-7-23(8-13(12)14)11-5-17(6-11)9-24(10-17)16(26)18(19,20)21;1-10(2,3)15-9(14)12-6-11(7-12)4-8(13)5-11;1-2-11-8(10)7-5-3-9-4-6(5)7;1-3-5-4-2;1-2-6-3(4)5/h14-17H,6-13H2,1-5H3;13-16H,4-12H2,1-3H3;12-15H,5-11H2,1-4H3;11-14H,3-10H2,1-2H3;4-7H2,1-3H3;5-7,9H,2-4H2,1H3;5H,3-4H2,1-2H3;2H2,1H3/t15-,16+,17?;14-,15+,16?;13-,14+,15?;12-,13+,14?;;5-,6+,7?;;. The largest absolute Gasteiger partial charge is 0.471 e. The highest BCUT2D eigenvalue weighted by Gasteiger charge is 2.70. The van der Waals surface area contributed by atoms with Gasteiger partial charge in [-0.05, 0) is 268 Å². The molecule has 37 heteroatoms. The molecule has 2 N–H and O–H groups in total. The molecule has 0 aromatic rings. The molecule has 792 valence electrons. The van der Waals surface area contributed by atoms with Crippen molar-refractivity contribution in [2.24, 2.45) is 116 Å². The zero-order valence-corrected chi connectivity index (χ0v) is 88.6. The fourth-order valence-electron chi connectivity index (χ4n) is 26.4. The number of amides is 8. The second kappa shape index (κ2) is 43.9. The Kier molecular flexibility index (Phi) is 34.5. The number of esters is 2. The van der Waals surface area contributed by atoms with Gasteiger partial charge in [0, 0.05) is 251 Å². The highest BCUT2D eigenvalue weighted by atomic mass is 35.5. The van der Waals surface area contributed by atoms with Gasteiger partial charge >= 0.3 is 53.8 Å². The van der Waals surface area contributed by atoms with Crippen LogP contribution in [-0.2, 0) is 66.7 Å². The number of nitrogens with zero attached hydrogens (tertiary/aromatic N) is 12. The fraction of sp³-hybridized carbons (Fsp3) is 0.883. The van der Waals surface area contributed by atoms with E-state index < -0.39 is 34.3 Å². The van der Waals surface area contributed by atoms with E-state index in [1.54, 1.807) is 11.8 Å². The van der Waals surface area contributed by atoms with Crippen molar-refractivity contribution < 1.29 is 104 Å². The van der Waals surface area contributed by atoms with Gasteiger partial charge in [0.15, 0.2) is 0 Å². The number of likely N-dealkylation sites (tertiary alicyclic amines) is 9. The van der Waals surface area contributed by atoms with E-state index in [2.05, 4.69) is 76.5 Å². The molecule has 10 aliphatic carbocycles. The molecular weight excluding hydrogens is 1830 g/mol. The van der Waals surface area contributed by atoms with E-state index in [4.69, 9.17) is 40.0 Å². The molecule has 10 saturated carbocycles. The van der Waals surface area contributed by atoms with E-state index in [1.165, 1.54) is 38.5 Å². The van der Waals surface area contributed by atoms with E-state index in [0.717, 1.165) is 175 Å². The van der Waals surface area contributed by atoms with Gasteiger partial charge in [0.2, 0.25) is 17.7 Å². The molecule has 0 aromatic heterocycles. The zero-order chi connectivity index (χ0) is 102. The van der Waals surface area contributed by atoms with Crippen molar-refractivity contribution in [1.82, 2.24) is 69.4 Å². The lowest BCUT2D eigenvalue weighted by molar-refractivity contribution is -0.204. The third kappa shape index (κ3) is 25.2. The van der Waals surface area contributed by atoms with E-state index in [0.29, 0.717) is 181 Å². The number of ketones is 1. The van der Waals surface area contributed by atoms with Crippen LogP contribution < -0.4 is 10.6 Å². The molecular formula is C103H168ClF3N14O19. The Morgan fingerprint density at radius 2 is 0.593 bits per heavy atom. The molecule has 0 aromatic carbocycles. The number of ether oxygens (including phenoxy) is 7. The topological polar surface area (TPSA) is 332 Å². The van der Waals surface area contributed by atoms with Gasteiger partial charge in [-0.25, -0.2) is 24.0 Å². The summed E-state index contributed by atoms with van der Waals surface area (Å²) in [7, 11) is 0. The fourth-order valence-corrected chi connectivity index (χ4v) is 26.5. The van der Waals surface area contributed by atoms with E-state index in [9.17, 15) is 70.7 Å². The SMILES string of the molecule is CC(C)(C)OC(=O)N1CC2(CC(=O)C2)C1.CCN(CC)C(=O)C1[C@H]2CN(C3CC4(C3)CN(C(=O)C(F)(F)F)C4)C[C@@H]12.CCN(CC)C(=O)C1[C@H]2CN(C3CC4(C3)CN(C(=O)OC(C)(C)C)C4)C[C@@H]12.CCNCC.CCOC(=O)C1[C@H]2CN(C3CC4(C3)CN(C(=O)OC(C)(C)C)C4)C[C@@H]12.CCOC(=O)C1[C@H]2CNC[C@@H]12.CCOC(=O)Cl.CCOC(=O)N1CC2(CC(N3C[C@@H]4C(C(=O)N(CC)CC)[C@@H]4C3)C2)C1. The summed E-state index contributed by atoms with van der Waals surface area (Å²) in [6.07, 6.45) is 4.68. The lowest BCUT2D eigenvalue weighted by atomic mass is 9.60. The minimum Gasteiger partial charge on any atom is -0.466 e. The van der Waals surface area contributed by atoms with Gasteiger partial charge in [-0.1, -0.05) is 13.8 Å². The molecule has 0 radical (unpaired) electrons. The molecule has 20 aliphatic rings. The number of alkyl halides is 3. The van der Waals surface area contributed by atoms with Gasteiger partial charge in [-0.3, -0.25) is 53.2 Å². The number of carbonyl (C=O) groups is 12. The molecule has 20 fully saturated rings. The van der Waals surface area contributed by atoms with Crippen LogP contribution in [0.3, 0.4) is 0 Å². The monoisotopic (exact) mass is 2000 g/mol. The minimum absolute atomic E-state index is 0.00854. The van der Waals surface area contributed by atoms with Crippen molar-refractivity contribution in [1.29, 1.82) is 0 Å². The van der Waals surface area contributed by atoms with Gasteiger partial charge in [0.05, 0.1) is 38.3 Å². The summed E-state index contributed by atoms with van der Waals surface area (Å²) in [6.45, 7) is 66.9. The van der Waals surface area contributed by atoms with E-state index in [-0.39, 0.29) is 83.9 Å². The summed E-state index contributed by atoms with van der Waals surface area (Å²) in [5.41, 5.74) is -0.957. The average Bonchev–Trinajstić information content (AvgIpc) is 1.29.